The highest BCUT2D eigenvalue weighted by Crippen LogP contribution is 2.67. The second-order valence-electron chi connectivity index (χ2n) is 18.0. The molecule has 0 N–H and O–H groups in total. The lowest BCUT2D eigenvalue weighted by Crippen LogP contribution is -2.60. The molecule has 11 heteroatoms. The van der Waals surface area contributed by atoms with Crippen LogP contribution < -0.4 is 0 Å². The molecule has 4 aliphatic rings. The van der Waals surface area contributed by atoms with Crippen LogP contribution in [0.3, 0.4) is 0 Å². The van der Waals surface area contributed by atoms with E-state index in [-0.39, 0.29) is 16.8 Å². The molecule has 8 atom stereocenters. The Kier molecular flexibility index (Phi) is 10.7. The number of oxime groups is 3. The van der Waals surface area contributed by atoms with Gasteiger partial charge >= 0.3 is 5.97 Å². The van der Waals surface area contributed by atoms with Crippen molar-refractivity contribution in [1.29, 1.82) is 0 Å². The van der Waals surface area contributed by atoms with Crippen molar-refractivity contribution in [3.8, 4) is 0 Å². The minimum atomic E-state index is -1.89. The summed E-state index contributed by atoms with van der Waals surface area (Å²) in [5.74, 6) is 2.31. The highest BCUT2D eigenvalue weighted by molar-refractivity contribution is 6.70. The third-order valence-electron chi connectivity index (χ3n) is 11.3. The van der Waals surface area contributed by atoms with Crippen LogP contribution in [0.15, 0.2) is 15.5 Å². The maximum Gasteiger partial charge on any atom is 0.305 e. The molecule has 0 aromatic heterocycles. The Balaban J connectivity index is 1.78. The fourth-order valence-corrected chi connectivity index (χ4v) is 10.2. The van der Waals surface area contributed by atoms with Gasteiger partial charge in [-0.2, -0.15) is 0 Å². The van der Waals surface area contributed by atoms with Crippen LogP contribution in [0, 0.1) is 46.3 Å². The molecule has 4 fully saturated rings. The normalized spacial score (nSPS) is 37.1. The van der Waals surface area contributed by atoms with E-state index in [2.05, 4.69) is 79.7 Å². The van der Waals surface area contributed by atoms with E-state index < -0.39 is 25.0 Å². The standard InChI is InChI=1S/C34H63N3O5Si3/c1-23(14-17-31(38)39-4)26-15-16-27-32-28(22-30(34(26,27)3)37-42-45(11,12)13)33(2)19-18-25(35-40-43(5,6)7)20-24(33)21-29(32)36-41-44(8,9)10/h23-24,26-28,32H,14-22H2,1-13H3/b35-25+,36-29+,37-30+/t23?,24-,26?,27?,28?,32?,33?,34?/m0/s1. The van der Waals surface area contributed by atoms with Crippen LogP contribution in [0.25, 0.3) is 0 Å². The third kappa shape index (κ3) is 8.16. The molecule has 0 aromatic rings. The highest BCUT2D eigenvalue weighted by atomic mass is 28.4. The molecule has 4 saturated carbocycles. The summed E-state index contributed by atoms with van der Waals surface area (Å²) in [6.45, 7) is 27.2. The molecule has 0 heterocycles. The van der Waals surface area contributed by atoms with E-state index in [4.69, 9.17) is 33.8 Å². The van der Waals surface area contributed by atoms with Gasteiger partial charge in [0.15, 0.2) is 0 Å². The number of ether oxygens (including phenoxy) is 1. The highest BCUT2D eigenvalue weighted by Gasteiger charge is 2.65. The van der Waals surface area contributed by atoms with E-state index >= 15 is 0 Å². The SMILES string of the molecule is COC(=O)CCC(C)C1CCC2C3/C(=N/O[Si](C)(C)C)C[C@@H]4C/C(=N/O[Si](C)(C)C)CCC4(C)C3C/C(=N\O[Si](C)(C)C)C12C. The lowest BCUT2D eigenvalue weighted by atomic mass is 9.43. The number of rotatable bonds is 10. The first-order valence-electron chi connectivity index (χ1n) is 17.5. The number of esters is 1. The van der Waals surface area contributed by atoms with Crippen molar-refractivity contribution in [2.24, 2.45) is 61.8 Å². The zero-order chi connectivity index (χ0) is 33.6. The van der Waals surface area contributed by atoms with Crippen LogP contribution >= 0.6 is 0 Å². The van der Waals surface area contributed by atoms with E-state index in [9.17, 15) is 4.79 Å². The Bertz CT molecular complexity index is 1190. The zero-order valence-corrected chi connectivity index (χ0v) is 33.7. The first kappa shape index (κ1) is 36.4. The maximum absolute atomic E-state index is 12.1. The fourth-order valence-electron chi connectivity index (χ4n) is 9.01. The van der Waals surface area contributed by atoms with Crippen molar-refractivity contribution in [3.63, 3.8) is 0 Å². The van der Waals surface area contributed by atoms with Crippen LogP contribution in [0.1, 0.15) is 78.6 Å². The van der Waals surface area contributed by atoms with E-state index in [1.807, 2.05) is 0 Å². The van der Waals surface area contributed by atoms with E-state index in [1.165, 1.54) is 24.2 Å². The molecule has 7 unspecified atom stereocenters. The summed E-state index contributed by atoms with van der Waals surface area (Å²) >= 11 is 0. The molecule has 8 nitrogen and oxygen atoms in total. The molecule has 4 rings (SSSR count). The van der Waals surface area contributed by atoms with Crippen molar-refractivity contribution in [2.45, 2.75) is 137 Å². The summed E-state index contributed by atoms with van der Waals surface area (Å²) in [6, 6.07) is 0. The fraction of sp³-hybridized carbons (Fsp3) is 0.882. The van der Waals surface area contributed by atoms with E-state index in [1.54, 1.807) is 0 Å². The van der Waals surface area contributed by atoms with Crippen LogP contribution in [0.4, 0.5) is 0 Å². The molecule has 0 spiro atoms. The Hall–Kier alpha value is -1.47. The summed E-state index contributed by atoms with van der Waals surface area (Å²) in [5.41, 5.74) is 3.75. The predicted octanol–water partition coefficient (Wildman–Crippen LogP) is 9.08. The number of carbonyl (C=O) groups excluding carboxylic acids is 1. The molecular weight excluding hydrogens is 615 g/mol. The van der Waals surface area contributed by atoms with Gasteiger partial charge in [-0.15, -0.1) is 15.5 Å². The number of hydrogen-bond donors (Lipinski definition) is 0. The average Bonchev–Trinajstić information content (AvgIpc) is 3.28. The summed E-state index contributed by atoms with van der Waals surface area (Å²) < 4.78 is 23.8. The van der Waals surface area contributed by atoms with Crippen LogP contribution in [-0.2, 0) is 23.1 Å². The van der Waals surface area contributed by atoms with Gasteiger partial charge in [0, 0.05) is 17.8 Å². The van der Waals surface area contributed by atoms with Gasteiger partial charge in [-0.05, 0) is 145 Å². The molecule has 0 amide bonds. The van der Waals surface area contributed by atoms with Crippen molar-refractivity contribution in [2.75, 3.05) is 7.11 Å². The Morgan fingerprint density at radius 3 is 2.04 bits per heavy atom. The second kappa shape index (κ2) is 13.2. The molecule has 256 valence electrons. The smallest absolute Gasteiger partial charge is 0.305 e. The van der Waals surface area contributed by atoms with Crippen LogP contribution in [0.5, 0.6) is 0 Å². The summed E-state index contributed by atoms with van der Waals surface area (Å²) in [4.78, 5) is 12.1. The Morgan fingerprint density at radius 2 is 1.44 bits per heavy atom. The predicted molar refractivity (Wildman–Crippen MR) is 192 cm³/mol. The number of nitrogens with zero attached hydrogens (tertiary/aromatic N) is 3. The second-order valence-corrected chi connectivity index (χ2v) is 31.2. The third-order valence-corrected chi connectivity index (χ3v) is 13.2. The monoisotopic (exact) mass is 677 g/mol. The molecule has 0 bridgehead atoms. The molecular formula is C34H63N3O5Si3. The van der Waals surface area contributed by atoms with Gasteiger partial charge in [0.1, 0.15) is 0 Å². The minimum absolute atomic E-state index is 0.119. The first-order valence-corrected chi connectivity index (χ1v) is 27.7. The largest absolute Gasteiger partial charge is 0.469 e. The number of hydrogen-bond acceptors (Lipinski definition) is 8. The molecule has 0 saturated heterocycles. The molecule has 0 radical (unpaired) electrons. The quantitative estimate of drug-likeness (QED) is 0.131. The van der Waals surface area contributed by atoms with Gasteiger partial charge in [0.2, 0.25) is 0 Å². The van der Waals surface area contributed by atoms with Crippen molar-refractivity contribution in [1.82, 2.24) is 0 Å². The average molecular weight is 678 g/mol. The van der Waals surface area contributed by atoms with Crippen molar-refractivity contribution in [3.05, 3.63) is 0 Å². The summed E-state index contributed by atoms with van der Waals surface area (Å²) in [7, 11) is -4.03. The van der Waals surface area contributed by atoms with Gasteiger partial charge < -0.3 is 18.3 Å². The van der Waals surface area contributed by atoms with Gasteiger partial charge in [0.05, 0.1) is 24.2 Å². The maximum atomic E-state index is 12.1. The van der Waals surface area contributed by atoms with E-state index in [0.29, 0.717) is 41.9 Å². The zero-order valence-electron chi connectivity index (χ0n) is 30.7. The molecule has 45 heavy (non-hydrogen) atoms. The minimum Gasteiger partial charge on any atom is -0.469 e. The van der Waals surface area contributed by atoms with Gasteiger partial charge in [-0.1, -0.05) is 20.8 Å². The number of carbonyl (C=O) groups is 1. The van der Waals surface area contributed by atoms with E-state index in [0.717, 1.165) is 51.4 Å². The van der Waals surface area contributed by atoms with Crippen LogP contribution in [0.2, 0.25) is 58.9 Å². The lowest BCUT2D eigenvalue weighted by molar-refractivity contribution is -0.141. The number of methoxy groups -OCH3 is 1. The topological polar surface area (TPSA) is 91.1 Å². The van der Waals surface area contributed by atoms with Crippen molar-refractivity contribution < 1.29 is 23.1 Å². The van der Waals surface area contributed by atoms with Gasteiger partial charge in [-0.25, -0.2) is 0 Å². The van der Waals surface area contributed by atoms with Crippen molar-refractivity contribution >= 4 is 48.1 Å². The Morgan fingerprint density at radius 1 is 0.844 bits per heavy atom. The first-order chi connectivity index (χ1) is 20.7. The van der Waals surface area contributed by atoms with Gasteiger partial charge in [-0.3, -0.25) is 4.79 Å². The number of fused-ring (bicyclic) bond motifs is 5. The molecule has 0 aliphatic heterocycles. The van der Waals surface area contributed by atoms with Crippen LogP contribution in [-0.4, -0.2) is 55.2 Å². The lowest BCUT2D eigenvalue weighted by Gasteiger charge is -2.60. The Labute approximate surface area is 276 Å². The summed E-state index contributed by atoms with van der Waals surface area (Å²) in [6.07, 6.45) is 8.51. The van der Waals surface area contributed by atoms with Gasteiger partial charge in [0.25, 0.3) is 25.0 Å². The molecule has 4 aliphatic carbocycles. The summed E-state index contributed by atoms with van der Waals surface area (Å²) in [5, 5.41) is 15.0. The molecule has 0 aromatic carbocycles.